The maximum atomic E-state index is 4.61. The second-order valence-electron chi connectivity index (χ2n) is 5.76. The van der Waals surface area contributed by atoms with Crippen LogP contribution in [0.2, 0.25) is 0 Å². The van der Waals surface area contributed by atoms with E-state index in [0.29, 0.717) is 0 Å². The SMILES string of the molecule is C1=Cc2cc3cnc(cc4nc(cc5ccc(cc1n2)[nH]5)C=C4)[nH]3.[Ag]. The van der Waals surface area contributed by atoms with Crippen molar-refractivity contribution in [3.63, 3.8) is 0 Å². The number of hydrogen-bond acceptors (Lipinski definition) is 3. The van der Waals surface area contributed by atoms with Gasteiger partial charge in [-0.2, -0.15) is 0 Å². The Morgan fingerprint density at radius 2 is 1.12 bits per heavy atom. The molecule has 5 nitrogen and oxygen atoms in total. The zero-order valence-electron chi connectivity index (χ0n) is 13.0. The van der Waals surface area contributed by atoms with E-state index >= 15 is 0 Å². The van der Waals surface area contributed by atoms with Gasteiger partial charge in [-0.15, -0.1) is 0 Å². The van der Waals surface area contributed by atoms with Gasteiger partial charge in [-0.25, -0.2) is 15.0 Å². The Morgan fingerprint density at radius 3 is 1.72 bits per heavy atom. The molecule has 0 aliphatic carbocycles. The van der Waals surface area contributed by atoms with Crippen LogP contribution in [-0.2, 0) is 22.4 Å². The van der Waals surface area contributed by atoms with Crippen LogP contribution in [0.15, 0.2) is 42.6 Å². The van der Waals surface area contributed by atoms with Crippen molar-refractivity contribution in [2.45, 2.75) is 0 Å². The van der Waals surface area contributed by atoms with Gasteiger partial charge in [-0.1, -0.05) is 0 Å². The van der Waals surface area contributed by atoms with Gasteiger partial charge in [-0.05, 0) is 54.6 Å². The molecule has 25 heavy (non-hydrogen) atoms. The molecule has 125 valence electrons. The van der Waals surface area contributed by atoms with Crippen LogP contribution >= 0.6 is 0 Å². The van der Waals surface area contributed by atoms with E-state index in [0.717, 1.165) is 45.0 Å². The molecule has 6 heteroatoms. The molecular weight excluding hydrogens is 406 g/mol. The van der Waals surface area contributed by atoms with Crippen LogP contribution in [0.3, 0.4) is 0 Å². The molecule has 0 unspecified atom stereocenters. The zero-order chi connectivity index (χ0) is 15.9. The Kier molecular flexibility index (Phi) is 3.97. The van der Waals surface area contributed by atoms with Crippen LogP contribution in [0.5, 0.6) is 0 Å². The standard InChI is InChI=1S/C19H13N5.Ag/c1-2-13-8-15-5-6-17(23-15)10-19-20-11-18(24-19)9-16-4-3-14(22-16)7-12(1)21-13;/h1-11,21H,(H,20,24);. The molecule has 0 fully saturated rings. The summed E-state index contributed by atoms with van der Waals surface area (Å²) in [5, 5.41) is 0. The molecule has 3 aromatic heterocycles. The summed E-state index contributed by atoms with van der Waals surface area (Å²) in [5.41, 5.74) is 7.32. The fraction of sp³-hybridized carbons (Fsp3) is 0. The number of aromatic amines is 2. The first-order chi connectivity index (χ1) is 11.8. The minimum atomic E-state index is 0. The van der Waals surface area contributed by atoms with E-state index in [2.05, 4.69) is 24.9 Å². The number of fused-ring (bicyclic) bond motifs is 8. The van der Waals surface area contributed by atoms with E-state index in [1.54, 1.807) is 6.20 Å². The predicted molar refractivity (Wildman–Crippen MR) is 96.7 cm³/mol. The number of hydrogen-bond donors (Lipinski definition) is 2. The molecule has 3 aromatic rings. The van der Waals surface area contributed by atoms with Gasteiger partial charge in [0.15, 0.2) is 0 Å². The number of rotatable bonds is 0. The fourth-order valence-corrected chi connectivity index (χ4v) is 2.82. The summed E-state index contributed by atoms with van der Waals surface area (Å²) >= 11 is 0. The summed E-state index contributed by atoms with van der Waals surface area (Å²) in [4.78, 5) is 20.2. The van der Waals surface area contributed by atoms with Gasteiger partial charge in [-0.3, -0.25) is 0 Å². The molecule has 2 N–H and O–H groups in total. The second kappa shape index (κ2) is 6.29. The molecule has 0 saturated heterocycles. The Hall–Kier alpha value is -2.73. The van der Waals surface area contributed by atoms with Crippen molar-refractivity contribution in [1.82, 2.24) is 24.9 Å². The predicted octanol–water partition coefficient (Wildman–Crippen LogP) is 4.05. The van der Waals surface area contributed by atoms with E-state index in [9.17, 15) is 0 Å². The molecule has 0 aromatic carbocycles. The molecule has 2 aliphatic heterocycles. The summed E-state index contributed by atoms with van der Waals surface area (Å²) < 4.78 is 0. The van der Waals surface area contributed by atoms with Crippen molar-refractivity contribution in [3.8, 4) is 0 Å². The maximum Gasteiger partial charge on any atom is 0.132 e. The van der Waals surface area contributed by atoms with Crippen molar-refractivity contribution in [1.29, 1.82) is 0 Å². The van der Waals surface area contributed by atoms with E-state index in [-0.39, 0.29) is 22.4 Å². The van der Waals surface area contributed by atoms with Gasteiger partial charge in [0.2, 0.25) is 0 Å². The van der Waals surface area contributed by atoms with E-state index < -0.39 is 0 Å². The van der Waals surface area contributed by atoms with Crippen molar-refractivity contribution >= 4 is 46.5 Å². The molecule has 5 rings (SSSR count). The topological polar surface area (TPSA) is 70.2 Å². The van der Waals surface area contributed by atoms with E-state index in [1.165, 1.54) is 0 Å². The third-order valence-electron chi connectivity index (χ3n) is 3.91. The second-order valence-corrected chi connectivity index (χ2v) is 5.76. The van der Waals surface area contributed by atoms with Crippen LogP contribution < -0.4 is 0 Å². The molecule has 5 heterocycles. The van der Waals surface area contributed by atoms with Gasteiger partial charge in [0.05, 0.1) is 34.5 Å². The third-order valence-corrected chi connectivity index (χ3v) is 3.91. The number of nitrogens with one attached hydrogen (secondary N) is 2. The molecular formula is C19H13AgN5. The normalized spacial score (nSPS) is 12.2. The van der Waals surface area contributed by atoms with Crippen LogP contribution in [0, 0.1) is 0 Å². The summed E-state index contributed by atoms with van der Waals surface area (Å²) in [6, 6.07) is 12.0. The summed E-state index contributed by atoms with van der Waals surface area (Å²) in [6.45, 7) is 0. The molecule has 0 saturated carbocycles. The summed E-state index contributed by atoms with van der Waals surface area (Å²) in [6.07, 6.45) is 9.77. The Labute approximate surface area is 159 Å². The van der Waals surface area contributed by atoms with E-state index in [1.807, 2.05) is 60.7 Å². The van der Waals surface area contributed by atoms with Gasteiger partial charge < -0.3 is 9.97 Å². The molecule has 0 spiro atoms. The summed E-state index contributed by atoms with van der Waals surface area (Å²) in [5.74, 6) is 0. The molecule has 1 radical (unpaired) electrons. The van der Waals surface area contributed by atoms with Crippen LogP contribution in [0.4, 0.5) is 0 Å². The smallest absolute Gasteiger partial charge is 0.132 e. The number of H-pyrrole nitrogens is 2. The van der Waals surface area contributed by atoms with Crippen LogP contribution in [0.1, 0.15) is 22.8 Å². The minimum absolute atomic E-state index is 0. The molecule has 0 atom stereocenters. The number of aromatic nitrogens is 5. The summed E-state index contributed by atoms with van der Waals surface area (Å²) in [7, 11) is 0. The van der Waals surface area contributed by atoms with Crippen molar-refractivity contribution in [2.75, 3.05) is 0 Å². The first-order valence-corrected chi connectivity index (χ1v) is 7.71. The molecule has 2 aliphatic rings. The third kappa shape index (κ3) is 3.25. The van der Waals surface area contributed by atoms with E-state index in [4.69, 9.17) is 0 Å². The Morgan fingerprint density at radius 1 is 0.600 bits per heavy atom. The Balaban J connectivity index is 0.00000157. The maximum absolute atomic E-state index is 4.61. The Bertz CT molecular complexity index is 992. The first kappa shape index (κ1) is 15.8. The van der Waals surface area contributed by atoms with Gasteiger partial charge >= 0.3 is 0 Å². The van der Waals surface area contributed by atoms with Crippen molar-refractivity contribution in [2.24, 2.45) is 0 Å². The molecule has 8 bridgehead atoms. The van der Waals surface area contributed by atoms with Crippen LogP contribution in [-0.4, -0.2) is 24.9 Å². The van der Waals surface area contributed by atoms with Crippen molar-refractivity contribution < 1.29 is 22.4 Å². The fourth-order valence-electron chi connectivity index (χ4n) is 2.82. The van der Waals surface area contributed by atoms with Crippen molar-refractivity contribution in [3.05, 3.63) is 65.4 Å². The van der Waals surface area contributed by atoms with Gasteiger partial charge in [0.1, 0.15) is 5.65 Å². The quantitative estimate of drug-likeness (QED) is 0.372. The minimum Gasteiger partial charge on any atom is -0.355 e. The van der Waals surface area contributed by atoms with Crippen LogP contribution in [0.25, 0.3) is 46.5 Å². The zero-order valence-corrected chi connectivity index (χ0v) is 14.5. The number of nitrogens with zero attached hydrogens (tertiary/aromatic N) is 3. The van der Waals surface area contributed by atoms with Gasteiger partial charge in [0.25, 0.3) is 0 Å². The first-order valence-electron chi connectivity index (χ1n) is 7.71. The largest absolute Gasteiger partial charge is 0.355 e. The number of imidazole rings is 1. The van der Waals surface area contributed by atoms with Gasteiger partial charge in [0, 0.05) is 39.5 Å². The molecule has 0 amide bonds. The average Bonchev–Trinajstić information content (AvgIpc) is 3.32. The monoisotopic (exact) mass is 418 g/mol. The average molecular weight is 419 g/mol.